The van der Waals surface area contributed by atoms with Crippen molar-refractivity contribution in [1.29, 1.82) is 0 Å². The molecular formula is C29H34N2O2. The maximum Gasteiger partial charge on any atom is 0.191 e. The second-order valence-electron chi connectivity index (χ2n) is 10.5. The van der Waals surface area contributed by atoms with Gasteiger partial charge in [-0.1, -0.05) is 61.7 Å². The zero-order valence-corrected chi connectivity index (χ0v) is 20.0. The van der Waals surface area contributed by atoms with Gasteiger partial charge in [-0.15, -0.1) is 0 Å². The molecule has 2 aromatic carbocycles. The van der Waals surface area contributed by atoms with Crippen LogP contribution in [0.25, 0.3) is 11.6 Å². The third-order valence-corrected chi connectivity index (χ3v) is 7.85. The number of Topliss-reactive ketones (excluding diaryl/α,β-unsaturated/α-hetero) is 2. The SMILES string of the molecule is CN(C)CCC1C=c2ccccc2=c2ccc3c(c21)C(=O)C(C)(N)C(=O)C=3C1CCCCC1. The molecule has 0 bridgehead atoms. The molecule has 3 aliphatic rings. The van der Waals surface area contributed by atoms with Crippen molar-refractivity contribution in [1.82, 2.24) is 4.90 Å². The second-order valence-corrected chi connectivity index (χ2v) is 10.5. The van der Waals surface area contributed by atoms with E-state index in [0.29, 0.717) is 5.56 Å². The Bertz CT molecular complexity index is 1350. The van der Waals surface area contributed by atoms with Crippen LogP contribution in [0.3, 0.4) is 0 Å². The highest BCUT2D eigenvalue weighted by Crippen LogP contribution is 2.37. The van der Waals surface area contributed by atoms with Gasteiger partial charge in [0.2, 0.25) is 0 Å². The number of carbonyl (C=O) groups is 2. The monoisotopic (exact) mass is 442 g/mol. The van der Waals surface area contributed by atoms with Crippen molar-refractivity contribution < 1.29 is 9.59 Å². The lowest BCUT2D eigenvalue weighted by molar-refractivity contribution is -0.117. The van der Waals surface area contributed by atoms with Crippen LogP contribution in [-0.4, -0.2) is 42.6 Å². The predicted octanol–water partition coefficient (Wildman–Crippen LogP) is 3.02. The lowest BCUT2D eigenvalue weighted by Gasteiger charge is -2.35. The Labute approximate surface area is 195 Å². The summed E-state index contributed by atoms with van der Waals surface area (Å²) in [6.07, 6.45) is 8.69. The van der Waals surface area contributed by atoms with E-state index >= 15 is 0 Å². The minimum absolute atomic E-state index is 0.104. The Morgan fingerprint density at radius 1 is 0.939 bits per heavy atom. The van der Waals surface area contributed by atoms with E-state index < -0.39 is 5.54 Å². The number of hydrogen-bond donors (Lipinski definition) is 1. The molecule has 0 aromatic heterocycles. The van der Waals surface area contributed by atoms with Crippen molar-refractivity contribution in [3.63, 3.8) is 0 Å². The van der Waals surface area contributed by atoms with Crippen LogP contribution in [-0.2, 0) is 4.79 Å². The standard InChI is InChI=1S/C29H34N2O2/c1-29(30)27(32)25(18-9-5-4-6-10-18)23-14-13-22-21-12-8-7-11-19(21)17-20(15-16-31(2)3)24(22)26(23)28(29)33/h7-8,11-14,17-18,20H,4-6,9-10,15-16,30H2,1-3H3. The molecule has 33 heavy (non-hydrogen) atoms. The van der Waals surface area contributed by atoms with E-state index in [2.05, 4.69) is 49.3 Å². The van der Waals surface area contributed by atoms with Crippen molar-refractivity contribution in [2.45, 2.75) is 56.9 Å². The maximum atomic E-state index is 13.9. The van der Waals surface area contributed by atoms with E-state index in [-0.39, 0.29) is 23.4 Å². The highest BCUT2D eigenvalue weighted by molar-refractivity contribution is 6.35. The number of fused-ring (bicyclic) bond motifs is 4. The van der Waals surface area contributed by atoms with Gasteiger partial charge in [0.25, 0.3) is 0 Å². The molecule has 4 heteroatoms. The van der Waals surface area contributed by atoms with Crippen molar-refractivity contribution in [2.24, 2.45) is 11.7 Å². The summed E-state index contributed by atoms with van der Waals surface area (Å²) in [6.45, 7) is 2.54. The van der Waals surface area contributed by atoms with Crippen LogP contribution in [0, 0.1) is 16.4 Å². The van der Waals surface area contributed by atoms with Gasteiger partial charge in [-0.3, -0.25) is 9.59 Å². The summed E-state index contributed by atoms with van der Waals surface area (Å²) in [5, 5.41) is 4.32. The minimum Gasteiger partial charge on any atom is -0.312 e. The molecule has 2 N–H and O–H groups in total. The average molecular weight is 443 g/mol. The summed E-state index contributed by atoms with van der Waals surface area (Å²) < 4.78 is 0. The van der Waals surface area contributed by atoms with E-state index in [0.717, 1.165) is 65.4 Å². The van der Waals surface area contributed by atoms with E-state index in [9.17, 15) is 9.59 Å². The van der Waals surface area contributed by atoms with Crippen LogP contribution in [0.15, 0.2) is 36.4 Å². The summed E-state index contributed by atoms with van der Waals surface area (Å²) in [6, 6.07) is 12.6. The minimum atomic E-state index is -1.50. The van der Waals surface area contributed by atoms with E-state index in [1.54, 1.807) is 6.92 Å². The predicted molar refractivity (Wildman–Crippen MR) is 132 cm³/mol. The van der Waals surface area contributed by atoms with Crippen molar-refractivity contribution in [3.05, 3.63) is 68.4 Å². The molecule has 0 amide bonds. The van der Waals surface area contributed by atoms with Crippen LogP contribution in [0.2, 0.25) is 0 Å². The van der Waals surface area contributed by atoms with Crippen LogP contribution in [0.4, 0.5) is 0 Å². The number of nitrogens with zero attached hydrogens (tertiary/aromatic N) is 1. The summed E-state index contributed by atoms with van der Waals surface area (Å²) in [5.41, 5.74) is 7.61. The molecule has 5 rings (SSSR count). The first-order valence-electron chi connectivity index (χ1n) is 12.3. The molecule has 0 saturated heterocycles. The van der Waals surface area contributed by atoms with Gasteiger partial charge >= 0.3 is 0 Å². The topological polar surface area (TPSA) is 63.4 Å². The molecule has 4 nitrogen and oxygen atoms in total. The van der Waals surface area contributed by atoms with Crippen LogP contribution < -0.4 is 16.2 Å². The van der Waals surface area contributed by atoms with E-state index in [4.69, 9.17) is 5.73 Å². The van der Waals surface area contributed by atoms with Crippen LogP contribution in [0.1, 0.15) is 67.3 Å². The number of ketones is 2. The highest BCUT2D eigenvalue weighted by Gasteiger charge is 2.46. The number of hydrogen-bond acceptors (Lipinski definition) is 4. The molecule has 2 aromatic rings. The van der Waals surface area contributed by atoms with Gasteiger partial charge in [-0.25, -0.2) is 0 Å². The Morgan fingerprint density at radius 2 is 1.64 bits per heavy atom. The van der Waals surface area contributed by atoms with Crippen molar-refractivity contribution in [3.8, 4) is 0 Å². The maximum absolute atomic E-state index is 13.9. The smallest absolute Gasteiger partial charge is 0.191 e. The van der Waals surface area contributed by atoms with Gasteiger partial charge in [-0.2, -0.15) is 0 Å². The molecule has 1 saturated carbocycles. The van der Waals surface area contributed by atoms with Gasteiger partial charge in [0.05, 0.1) is 0 Å². The molecule has 2 unspecified atom stereocenters. The van der Waals surface area contributed by atoms with Crippen LogP contribution in [0.5, 0.6) is 0 Å². The lowest BCUT2D eigenvalue weighted by Crippen LogP contribution is -2.58. The molecule has 0 radical (unpaired) electrons. The zero-order chi connectivity index (χ0) is 23.3. The Kier molecular flexibility index (Phi) is 5.62. The second kappa shape index (κ2) is 8.34. The number of nitrogens with two attached hydrogens (primary N) is 1. The van der Waals surface area contributed by atoms with Gasteiger partial charge in [0.15, 0.2) is 11.6 Å². The first-order chi connectivity index (χ1) is 15.8. The fourth-order valence-corrected chi connectivity index (χ4v) is 6.08. The molecule has 3 aliphatic carbocycles. The normalized spacial score (nSPS) is 24.9. The fraction of sp³-hybridized carbons (Fsp3) is 0.448. The summed E-state index contributed by atoms with van der Waals surface area (Å²) >= 11 is 0. The van der Waals surface area contributed by atoms with Crippen molar-refractivity contribution in [2.75, 3.05) is 20.6 Å². The average Bonchev–Trinajstić information content (AvgIpc) is 2.81. The third-order valence-electron chi connectivity index (χ3n) is 7.85. The number of carbonyl (C=O) groups excluding carboxylic acids is 2. The molecular weight excluding hydrogens is 408 g/mol. The van der Waals surface area contributed by atoms with Gasteiger partial charge in [0, 0.05) is 17.1 Å². The first-order valence-corrected chi connectivity index (χ1v) is 12.3. The van der Waals surface area contributed by atoms with Gasteiger partial charge in [-0.05, 0) is 79.2 Å². The summed E-state index contributed by atoms with van der Waals surface area (Å²) in [5.74, 6) is -0.0923. The molecule has 0 aliphatic heterocycles. The molecule has 172 valence electrons. The Morgan fingerprint density at radius 3 is 2.36 bits per heavy atom. The molecule has 1 fully saturated rings. The Balaban J connectivity index is 1.88. The molecule has 0 heterocycles. The quantitative estimate of drug-likeness (QED) is 0.740. The summed E-state index contributed by atoms with van der Waals surface area (Å²) in [4.78, 5) is 29.6. The van der Waals surface area contributed by atoms with E-state index in [1.165, 1.54) is 11.6 Å². The first kappa shape index (κ1) is 22.2. The van der Waals surface area contributed by atoms with E-state index in [1.807, 2.05) is 12.1 Å². The van der Waals surface area contributed by atoms with Crippen LogP contribution >= 0.6 is 0 Å². The third kappa shape index (κ3) is 3.60. The Hall–Kier alpha value is -2.56. The molecule has 0 spiro atoms. The zero-order valence-electron chi connectivity index (χ0n) is 20.0. The van der Waals surface area contributed by atoms with Gasteiger partial charge < -0.3 is 10.6 Å². The van der Waals surface area contributed by atoms with Crippen molar-refractivity contribution >= 4 is 23.2 Å². The number of rotatable bonds is 4. The van der Waals surface area contributed by atoms with Gasteiger partial charge in [0.1, 0.15) is 5.54 Å². The lowest BCUT2D eigenvalue weighted by atomic mass is 9.68. The highest BCUT2D eigenvalue weighted by atomic mass is 16.2. The fourth-order valence-electron chi connectivity index (χ4n) is 6.08. The number of benzene rings is 2. The summed E-state index contributed by atoms with van der Waals surface area (Å²) in [7, 11) is 4.15. The molecule has 2 atom stereocenters. The largest absolute Gasteiger partial charge is 0.312 e.